The first-order valence-electron chi connectivity index (χ1n) is 9.99. The highest BCUT2D eigenvalue weighted by molar-refractivity contribution is 7.89. The summed E-state index contributed by atoms with van der Waals surface area (Å²) in [4.78, 5) is 16.9. The number of carbonyl (C=O) groups excluding carboxylic acids is 1. The molecular formula is C22H27N3O5S. The van der Waals surface area contributed by atoms with E-state index in [1.807, 2.05) is 36.6 Å². The van der Waals surface area contributed by atoms with Gasteiger partial charge < -0.3 is 14.0 Å². The van der Waals surface area contributed by atoms with E-state index in [1.54, 1.807) is 24.3 Å². The molecule has 0 aliphatic heterocycles. The van der Waals surface area contributed by atoms with Gasteiger partial charge in [-0.15, -0.1) is 0 Å². The Morgan fingerprint density at radius 2 is 1.90 bits per heavy atom. The van der Waals surface area contributed by atoms with Gasteiger partial charge in [0.1, 0.15) is 18.2 Å². The summed E-state index contributed by atoms with van der Waals surface area (Å²) in [7, 11) is -0.595. The minimum Gasteiger partial charge on any atom is -0.482 e. The molecule has 0 atom stereocenters. The van der Waals surface area contributed by atoms with E-state index in [4.69, 9.17) is 9.47 Å². The number of aromatic nitrogens is 2. The third-order valence-corrected chi connectivity index (χ3v) is 6.64. The number of hydrogen-bond donors (Lipinski definition) is 0. The number of para-hydroxylation sites is 1. The molecule has 0 aliphatic rings. The molecule has 8 nitrogen and oxygen atoms in total. The second-order valence-corrected chi connectivity index (χ2v) is 9.48. The van der Waals surface area contributed by atoms with Crippen molar-refractivity contribution >= 4 is 27.0 Å². The molecule has 0 amide bonds. The van der Waals surface area contributed by atoms with Crippen LogP contribution in [-0.4, -0.2) is 48.9 Å². The quantitative estimate of drug-likeness (QED) is 0.470. The molecule has 3 aromatic rings. The lowest BCUT2D eigenvalue weighted by Crippen LogP contribution is -2.22. The Labute approximate surface area is 182 Å². The first-order chi connectivity index (χ1) is 14.7. The lowest BCUT2D eigenvalue weighted by Gasteiger charge is -2.11. The van der Waals surface area contributed by atoms with Gasteiger partial charge in [0.2, 0.25) is 10.0 Å². The second-order valence-electron chi connectivity index (χ2n) is 7.33. The van der Waals surface area contributed by atoms with Gasteiger partial charge in [0.05, 0.1) is 15.9 Å². The Morgan fingerprint density at radius 3 is 2.58 bits per heavy atom. The van der Waals surface area contributed by atoms with Crippen LogP contribution in [0.15, 0.2) is 47.4 Å². The van der Waals surface area contributed by atoms with Crippen molar-refractivity contribution in [1.29, 1.82) is 0 Å². The van der Waals surface area contributed by atoms with Crippen LogP contribution in [0.4, 0.5) is 0 Å². The molecule has 0 saturated carbocycles. The van der Waals surface area contributed by atoms with Crippen molar-refractivity contribution < 1.29 is 22.7 Å². The fraction of sp³-hybridized carbons (Fsp3) is 0.364. The summed E-state index contributed by atoms with van der Waals surface area (Å²) in [6, 6.07) is 12.3. The van der Waals surface area contributed by atoms with Crippen LogP contribution < -0.4 is 4.74 Å². The third-order valence-electron chi connectivity index (χ3n) is 4.83. The van der Waals surface area contributed by atoms with E-state index in [1.165, 1.54) is 14.1 Å². The number of ether oxygens (including phenoxy) is 2. The number of fused-ring (bicyclic) bond motifs is 1. The van der Waals surface area contributed by atoms with Crippen LogP contribution in [0.2, 0.25) is 0 Å². The number of sulfonamides is 1. The summed E-state index contributed by atoms with van der Waals surface area (Å²) >= 11 is 0. The molecule has 31 heavy (non-hydrogen) atoms. The number of nitrogens with zero attached hydrogens (tertiary/aromatic N) is 3. The standard InChI is InChI=1S/C22H27N3O5S/c1-5-12-25-19-11-10-17(31(27,28)24(3)4)13-18(19)23-21(25)14-30-22(26)15-29-20-9-7-6-8-16(20)2/h6-11,13H,5,12,14-15H2,1-4H3. The Bertz CT molecular complexity index is 1190. The summed E-state index contributed by atoms with van der Waals surface area (Å²) in [5.74, 6) is 0.682. The van der Waals surface area contributed by atoms with Gasteiger partial charge in [-0.3, -0.25) is 0 Å². The summed E-state index contributed by atoms with van der Waals surface area (Å²) in [6.07, 6.45) is 0.848. The SMILES string of the molecule is CCCn1c(COC(=O)COc2ccccc2C)nc2cc(S(=O)(=O)N(C)C)ccc21. The summed E-state index contributed by atoms with van der Waals surface area (Å²) in [5, 5.41) is 0. The van der Waals surface area contributed by atoms with E-state index in [-0.39, 0.29) is 18.1 Å². The van der Waals surface area contributed by atoms with E-state index in [0.717, 1.165) is 21.8 Å². The Hall–Kier alpha value is -2.91. The van der Waals surface area contributed by atoms with E-state index in [0.29, 0.717) is 23.6 Å². The Kier molecular flexibility index (Phi) is 6.97. The zero-order valence-electron chi connectivity index (χ0n) is 18.2. The first-order valence-corrected chi connectivity index (χ1v) is 11.4. The normalized spacial score (nSPS) is 11.8. The van der Waals surface area contributed by atoms with E-state index in [9.17, 15) is 13.2 Å². The number of hydrogen-bond acceptors (Lipinski definition) is 6. The van der Waals surface area contributed by atoms with Crippen molar-refractivity contribution in [1.82, 2.24) is 13.9 Å². The lowest BCUT2D eigenvalue weighted by molar-refractivity contribution is -0.147. The van der Waals surface area contributed by atoms with Crippen LogP contribution in [0.25, 0.3) is 11.0 Å². The highest BCUT2D eigenvalue weighted by Gasteiger charge is 2.20. The molecule has 3 rings (SSSR count). The van der Waals surface area contributed by atoms with Crippen LogP contribution >= 0.6 is 0 Å². The van der Waals surface area contributed by atoms with Crippen molar-refractivity contribution in [2.45, 2.75) is 38.3 Å². The van der Waals surface area contributed by atoms with E-state index < -0.39 is 16.0 Å². The molecule has 0 aliphatic carbocycles. The van der Waals surface area contributed by atoms with Gasteiger partial charge in [0.15, 0.2) is 6.61 Å². The van der Waals surface area contributed by atoms with Gasteiger partial charge >= 0.3 is 5.97 Å². The first kappa shape index (κ1) is 22.8. The number of carbonyl (C=O) groups is 1. The maximum atomic E-state index is 12.4. The number of esters is 1. The molecule has 0 saturated heterocycles. The molecule has 166 valence electrons. The van der Waals surface area contributed by atoms with Gasteiger partial charge in [-0.1, -0.05) is 25.1 Å². The summed E-state index contributed by atoms with van der Waals surface area (Å²) in [6.45, 7) is 4.37. The molecule has 0 unspecified atom stereocenters. The highest BCUT2D eigenvalue weighted by atomic mass is 32.2. The Morgan fingerprint density at radius 1 is 1.16 bits per heavy atom. The van der Waals surface area contributed by atoms with E-state index >= 15 is 0 Å². The van der Waals surface area contributed by atoms with Crippen molar-refractivity contribution in [3.8, 4) is 5.75 Å². The highest BCUT2D eigenvalue weighted by Crippen LogP contribution is 2.23. The van der Waals surface area contributed by atoms with Gasteiger partial charge in [0.25, 0.3) is 0 Å². The van der Waals surface area contributed by atoms with Crippen molar-refractivity contribution in [2.24, 2.45) is 0 Å². The predicted octanol–water partition coefficient (Wildman–Crippen LogP) is 3.13. The zero-order chi connectivity index (χ0) is 22.6. The molecule has 9 heteroatoms. The molecule has 0 radical (unpaired) electrons. The number of aryl methyl sites for hydroxylation is 2. The zero-order valence-corrected chi connectivity index (χ0v) is 19.0. The topological polar surface area (TPSA) is 90.7 Å². The molecule has 0 N–H and O–H groups in total. The molecular weight excluding hydrogens is 418 g/mol. The molecule has 0 bridgehead atoms. The third kappa shape index (κ3) is 5.05. The minimum atomic E-state index is -3.57. The maximum Gasteiger partial charge on any atom is 0.344 e. The van der Waals surface area contributed by atoms with E-state index in [2.05, 4.69) is 4.98 Å². The number of imidazole rings is 1. The van der Waals surface area contributed by atoms with Crippen LogP contribution in [0, 0.1) is 6.92 Å². The monoisotopic (exact) mass is 445 g/mol. The summed E-state index contributed by atoms with van der Waals surface area (Å²) in [5.41, 5.74) is 2.27. The number of rotatable bonds is 9. The fourth-order valence-corrected chi connectivity index (χ4v) is 4.08. The van der Waals surface area contributed by atoms with Gasteiger partial charge in [0, 0.05) is 20.6 Å². The van der Waals surface area contributed by atoms with Crippen molar-refractivity contribution in [2.75, 3.05) is 20.7 Å². The second kappa shape index (κ2) is 9.49. The minimum absolute atomic E-state index is 0.0274. The van der Waals surface area contributed by atoms with Crippen LogP contribution in [0.1, 0.15) is 24.7 Å². The largest absolute Gasteiger partial charge is 0.482 e. The van der Waals surface area contributed by atoms with Crippen LogP contribution in [0.5, 0.6) is 5.75 Å². The number of benzene rings is 2. The van der Waals surface area contributed by atoms with Gasteiger partial charge in [-0.25, -0.2) is 22.5 Å². The molecule has 1 aromatic heterocycles. The molecule has 0 fully saturated rings. The molecule has 2 aromatic carbocycles. The fourth-order valence-electron chi connectivity index (χ4n) is 3.16. The average Bonchev–Trinajstić information content (AvgIpc) is 3.08. The predicted molar refractivity (Wildman–Crippen MR) is 117 cm³/mol. The average molecular weight is 446 g/mol. The van der Waals surface area contributed by atoms with Gasteiger partial charge in [-0.2, -0.15) is 0 Å². The van der Waals surface area contributed by atoms with Crippen molar-refractivity contribution in [3.63, 3.8) is 0 Å². The van der Waals surface area contributed by atoms with Gasteiger partial charge in [-0.05, 0) is 43.2 Å². The smallest absolute Gasteiger partial charge is 0.344 e. The Balaban J connectivity index is 1.76. The lowest BCUT2D eigenvalue weighted by atomic mass is 10.2. The van der Waals surface area contributed by atoms with Crippen LogP contribution in [-0.2, 0) is 32.7 Å². The molecule has 1 heterocycles. The van der Waals surface area contributed by atoms with Crippen LogP contribution in [0.3, 0.4) is 0 Å². The maximum absolute atomic E-state index is 12.4. The molecule has 0 spiro atoms. The summed E-state index contributed by atoms with van der Waals surface area (Å²) < 4.78 is 38.9. The van der Waals surface area contributed by atoms with Crippen molar-refractivity contribution in [3.05, 3.63) is 53.9 Å².